The summed E-state index contributed by atoms with van der Waals surface area (Å²) in [6.45, 7) is 0. The molecule has 0 atom stereocenters. The van der Waals surface area contributed by atoms with Crippen LogP contribution in [0.4, 0.5) is 20.2 Å². The predicted molar refractivity (Wildman–Crippen MR) is 347 cm³/mol. The van der Waals surface area contributed by atoms with Gasteiger partial charge in [0, 0.05) is 72.2 Å². The number of carbonyl (C=O) groups excluding carboxylic acids is 5. The van der Waals surface area contributed by atoms with Crippen molar-refractivity contribution in [3.8, 4) is 51.6 Å². The van der Waals surface area contributed by atoms with Crippen molar-refractivity contribution in [3.05, 3.63) is 228 Å². The van der Waals surface area contributed by atoms with E-state index in [9.17, 15) is 32.8 Å². The van der Waals surface area contributed by atoms with Crippen LogP contribution in [0.1, 0.15) is 142 Å². The number of anilines is 2. The molecular formula is C71H65BBrF2N7O7. The molecule has 0 aromatic heterocycles. The van der Waals surface area contributed by atoms with E-state index >= 15 is 0 Å². The van der Waals surface area contributed by atoms with Gasteiger partial charge >= 0.3 is 7.12 Å². The average molecular weight is 1260 g/mol. The minimum Gasteiger partial charge on any atom is -0.423 e. The monoisotopic (exact) mass is 1260 g/mol. The first-order chi connectivity index (χ1) is 43.0. The number of ketones is 4. The molecule has 12 rings (SSSR count). The molecule has 4 aliphatic carbocycles. The molecular weight excluding hydrogens is 1190 g/mol. The number of primary amides is 1. The van der Waals surface area contributed by atoms with Gasteiger partial charge in [-0.1, -0.05) is 107 Å². The first-order valence-corrected chi connectivity index (χ1v) is 29.7. The molecule has 1 amide bonds. The lowest BCUT2D eigenvalue weighted by molar-refractivity contribution is 0.0964. The van der Waals surface area contributed by atoms with Gasteiger partial charge in [0.15, 0.2) is 23.1 Å². The molecule has 0 aliphatic heterocycles. The Balaban J connectivity index is 0.000000160. The number of halogens is 3. The van der Waals surface area contributed by atoms with Crippen molar-refractivity contribution in [3.63, 3.8) is 0 Å². The van der Waals surface area contributed by atoms with Crippen LogP contribution in [0.25, 0.3) is 33.4 Å². The third-order valence-electron chi connectivity index (χ3n) is 15.6. The molecule has 18 heteroatoms. The topological polar surface area (TPSA) is 273 Å². The Morgan fingerprint density at radius 2 is 0.820 bits per heavy atom. The average Bonchev–Trinajstić information content (AvgIpc) is 1.53. The fourth-order valence-corrected chi connectivity index (χ4v) is 11.7. The maximum Gasteiger partial charge on any atom is 0.488 e. The zero-order valence-corrected chi connectivity index (χ0v) is 51.1. The number of nitrogens with one attached hydrogen (secondary N) is 2. The van der Waals surface area contributed by atoms with Gasteiger partial charge in [-0.15, -0.1) is 0 Å². The fraction of sp³-hybridized carbons (Fsp3) is 0.211. The van der Waals surface area contributed by atoms with Gasteiger partial charge in [0.1, 0.15) is 29.8 Å². The number of amides is 1. The highest BCUT2D eigenvalue weighted by molar-refractivity contribution is 9.10. The molecule has 0 radical (unpaired) electrons. The second-order valence-electron chi connectivity index (χ2n) is 20.9. The maximum absolute atomic E-state index is 13.8. The van der Waals surface area contributed by atoms with Gasteiger partial charge in [0.05, 0.1) is 27.9 Å². The van der Waals surface area contributed by atoms with Gasteiger partial charge in [-0.3, -0.25) is 24.0 Å². The molecule has 8 aromatic carbocycles. The van der Waals surface area contributed by atoms with E-state index in [2.05, 4.69) is 44.4 Å². The molecule has 8 aromatic rings. The molecule has 0 saturated carbocycles. The predicted octanol–water partition coefficient (Wildman–Crippen LogP) is 12.6. The summed E-state index contributed by atoms with van der Waals surface area (Å²) in [5.74, 6) is -0.833. The zero-order valence-electron chi connectivity index (χ0n) is 49.5. The third kappa shape index (κ3) is 16.1. The van der Waals surface area contributed by atoms with Crippen LogP contribution >= 0.6 is 15.9 Å². The van der Waals surface area contributed by atoms with Gasteiger partial charge in [0.2, 0.25) is 0 Å². The Labute approximate surface area is 525 Å². The standard InChI is InChI=1S/C18H18N2O2.C18H16N2O.C17H12FNO.C10H9BrO.C7H5BFNO2.CH5N/c1-20-16-10-11(8-9-15(16)18(19)22)12-4-2-6-14-13(12)5-3-7-17(14)21;1-20-17-10-12(8-9-13(17)11-19)14-4-2-6-16-15(14)5-3-7-18(16)21;18-16-9-11(7-8-12(16)10-19)13-3-1-5-15-14(13)4-2-6-17(15)20;11-9-5-1-4-8-7(9)3-2-6-10(8)12;9-7-3-6(8(11)12)2-1-5(7)4-10;1-2/h2,4,6,8-10,20H,3,5,7H2,1H3,(H2,19,22);2,4,6,8-10,20H,3,5,7H2,1H3;1,3,5,7-9H,2,4,6H2;1,4-5H,2-3,6H2;1-3,11-12H;2H2,1H3. The van der Waals surface area contributed by atoms with Crippen molar-refractivity contribution < 1.29 is 42.8 Å². The number of nitrogens with two attached hydrogens (primary N) is 2. The fourth-order valence-electron chi connectivity index (χ4n) is 11.2. The Bertz CT molecular complexity index is 4130. The van der Waals surface area contributed by atoms with Crippen LogP contribution in [-0.4, -0.2) is 67.3 Å². The van der Waals surface area contributed by atoms with Gasteiger partial charge < -0.3 is 32.1 Å². The Hall–Kier alpha value is -9.74. The number of hydrogen-bond acceptors (Lipinski definition) is 13. The number of rotatable bonds is 7. The molecule has 8 N–H and O–H groups in total. The first kappa shape index (κ1) is 66.8. The van der Waals surface area contributed by atoms with Gasteiger partial charge in [-0.25, -0.2) is 8.78 Å². The molecule has 89 heavy (non-hydrogen) atoms. The van der Waals surface area contributed by atoms with E-state index in [-0.39, 0.29) is 39.7 Å². The molecule has 0 spiro atoms. The van der Waals surface area contributed by atoms with E-state index < -0.39 is 24.7 Å². The summed E-state index contributed by atoms with van der Waals surface area (Å²) >= 11 is 3.46. The molecule has 0 heterocycles. The Morgan fingerprint density at radius 3 is 1.20 bits per heavy atom. The van der Waals surface area contributed by atoms with E-state index in [1.54, 1.807) is 25.2 Å². The second kappa shape index (κ2) is 31.8. The molecule has 0 bridgehead atoms. The van der Waals surface area contributed by atoms with Crippen molar-refractivity contribution in [2.24, 2.45) is 11.5 Å². The number of nitriles is 3. The number of nitrogens with zero attached hydrogens (tertiary/aromatic N) is 3. The number of fused-ring (bicyclic) bond motifs is 4. The first-order valence-electron chi connectivity index (χ1n) is 28.9. The van der Waals surface area contributed by atoms with Crippen LogP contribution in [0.2, 0.25) is 0 Å². The molecule has 4 aliphatic rings. The number of Topliss-reactive ketones (excluding diaryl/α,β-unsaturated/α-hetero) is 4. The minimum atomic E-state index is -1.70. The van der Waals surface area contributed by atoms with Crippen LogP contribution < -0.4 is 27.6 Å². The van der Waals surface area contributed by atoms with Crippen LogP contribution in [0.5, 0.6) is 0 Å². The Kier molecular flexibility index (Phi) is 23.8. The van der Waals surface area contributed by atoms with E-state index in [0.717, 1.165) is 134 Å². The SMILES string of the molecule is CN.CNc1cc(-c2cccc3c2CCCC3=O)ccc1C#N.CNc1cc(-c2cccc3c2CCCC3=O)ccc1C(N)=O.N#Cc1ccc(-c2cccc3c2CCCC3=O)cc1F.N#Cc1ccc(B(O)O)cc1F.O=C1CCCc2c(Br)cccc21. The van der Waals surface area contributed by atoms with E-state index in [0.29, 0.717) is 48.1 Å². The smallest absolute Gasteiger partial charge is 0.423 e. The van der Waals surface area contributed by atoms with Crippen molar-refractivity contribution in [2.45, 2.75) is 77.0 Å². The van der Waals surface area contributed by atoms with Gasteiger partial charge in [-0.05, 0) is 174 Å². The van der Waals surface area contributed by atoms with Gasteiger partial charge in [-0.2, -0.15) is 15.8 Å². The number of hydrogen-bond donors (Lipinski definition) is 6. The lowest BCUT2D eigenvalue weighted by Gasteiger charge is -2.19. The second-order valence-corrected chi connectivity index (χ2v) is 21.8. The highest BCUT2D eigenvalue weighted by Gasteiger charge is 2.24. The van der Waals surface area contributed by atoms with Crippen LogP contribution in [-0.2, 0) is 25.7 Å². The van der Waals surface area contributed by atoms with Crippen LogP contribution in [0, 0.1) is 45.6 Å². The summed E-state index contributed by atoms with van der Waals surface area (Å²) in [7, 11) is 3.37. The largest absolute Gasteiger partial charge is 0.488 e. The zero-order chi connectivity index (χ0) is 64.3. The summed E-state index contributed by atoms with van der Waals surface area (Å²) < 4.78 is 27.6. The summed E-state index contributed by atoms with van der Waals surface area (Å²) in [5, 5.41) is 49.5. The van der Waals surface area contributed by atoms with Crippen LogP contribution in [0.3, 0.4) is 0 Å². The summed E-state index contributed by atoms with van der Waals surface area (Å²) in [5.41, 5.74) is 26.0. The molecule has 0 fully saturated rings. The van der Waals surface area contributed by atoms with E-state index in [4.69, 9.17) is 31.6 Å². The highest BCUT2D eigenvalue weighted by atomic mass is 79.9. The molecule has 450 valence electrons. The van der Waals surface area contributed by atoms with Crippen molar-refractivity contribution in [1.82, 2.24) is 0 Å². The summed E-state index contributed by atoms with van der Waals surface area (Å²) in [6.07, 6.45) is 9.90. The molecule has 0 unspecified atom stereocenters. The van der Waals surface area contributed by atoms with E-state index in [1.165, 1.54) is 36.9 Å². The van der Waals surface area contributed by atoms with Crippen molar-refractivity contribution in [1.29, 1.82) is 15.8 Å². The van der Waals surface area contributed by atoms with Crippen molar-refractivity contribution in [2.75, 3.05) is 31.8 Å². The molecule has 0 saturated heterocycles. The lowest BCUT2D eigenvalue weighted by atomic mass is 9.80. The van der Waals surface area contributed by atoms with Gasteiger partial charge in [0.25, 0.3) is 5.91 Å². The van der Waals surface area contributed by atoms with Crippen LogP contribution in [0.15, 0.2) is 150 Å². The molecule has 14 nitrogen and oxygen atoms in total. The number of carbonyl (C=O) groups is 5. The third-order valence-corrected chi connectivity index (χ3v) is 16.3. The lowest BCUT2D eigenvalue weighted by Crippen LogP contribution is -2.30. The summed E-state index contributed by atoms with van der Waals surface area (Å²) in [4.78, 5) is 58.9. The normalized spacial score (nSPS) is 13.1. The highest BCUT2D eigenvalue weighted by Crippen LogP contribution is 2.37. The maximum atomic E-state index is 13.8. The quantitative estimate of drug-likeness (QED) is 0.0811. The van der Waals surface area contributed by atoms with E-state index in [1.807, 2.05) is 110 Å². The Morgan fingerprint density at radius 1 is 0.472 bits per heavy atom. The number of benzene rings is 8. The summed E-state index contributed by atoms with van der Waals surface area (Å²) in [6, 6.07) is 48.0. The minimum absolute atomic E-state index is 0.0338. The van der Waals surface area contributed by atoms with Crippen molar-refractivity contribution >= 4 is 68.9 Å².